The topological polar surface area (TPSA) is 34.0 Å². The van der Waals surface area contributed by atoms with Gasteiger partial charge in [0.2, 0.25) is 0 Å². The van der Waals surface area contributed by atoms with Gasteiger partial charge in [-0.3, -0.25) is 4.79 Å². The van der Waals surface area contributed by atoms with E-state index in [0.29, 0.717) is 22.8 Å². The summed E-state index contributed by atoms with van der Waals surface area (Å²) in [6.07, 6.45) is -4.43. The van der Waals surface area contributed by atoms with Crippen molar-refractivity contribution in [3.63, 3.8) is 0 Å². The van der Waals surface area contributed by atoms with Gasteiger partial charge in [-0.05, 0) is 57.4 Å². The summed E-state index contributed by atoms with van der Waals surface area (Å²) in [5, 5.41) is 5.28. The molecule has 4 rings (SSSR count). The molecule has 0 aliphatic carbocycles. The third kappa shape index (κ3) is 4.81. The molecule has 2 aromatic heterocycles. The van der Waals surface area contributed by atoms with E-state index in [2.05, 4.69) is 21.2 Å². The number of benzene rings is 2. The van der Waals surface area contributed by atoms with Gasteiger partial charge >= 0.3 is 6.18 Å². The predicted octanol–water partition coefficient (Wildman–Crippen LogP) is 7.12. The van der Waals surface area contributed by atoms with Crippen molar-refractivity contribution < 1.29 is 18.0 Å². The molecule has 0 aliphatic rings. The second-order valence-electron chi connectivity index (χ2n) is 6.92. The summed E-state index contributed by atoms with van der Waals surface area (Å²) in [5.74, 6) is -0.366. The van der Waals surface area contributed by atoms with Gasteiger partial charge in [-0.2, -0.15) is 13.2 Å². The van der Waals surface area contributed by atoms with Gasteiger partial charge in [-0.15, -0.1) is 11.3 Å². The van der Waals surface area contributed by atoms with Gasteiger partial charge in [0.15, 0.2) is 0 Å². The fraction of sp³-hybridized carbons (Fsp3) is 0.136. The van der Waals surface area contributed by atoms with E-state index >= 15 is 0 Å². The first-order chi connectivity index (χ1) is 14.7. The molecular weight excluding hydrogens is 513 g/mol. The Bertz CT molecular complexity index is 1270. The summed E-state index contributed by atoms with van der Waals surface area (Å²) in [5.41, 5.74) is 1.87. The van der Waals surface area contributed by atoms with Gasteiger partial charge in [0, 0.05) is 23.5 Å². The Morgan fingerprint density at radius 3 is 2.58 bits per heavy atom. The van der Waals surface area contributed by atoms with Gasteiger partial charge < -0.3 is 9.88 Å². The average molecular weight is 528 g/mol. The van der Waals surface area contributed by atoms with E-state index < -0.39 is 11.7 Å². The molecule has 3 nitrogen and oxygen atoms in total. The van der Waals surface area contributed by atoms with Crippen molar-refractivity contribution in [2.45, 2.75) is 19.3 Å². The number of rotatable bonds is 5. The lowest BCUT2D eigenvalue weighted by molar-refractivity contribution is -0.137. The maximum atomic E-state index is 13.0. The largest absolute Gasteiger partial charge is 0.416 e. The number of fused-ring (bicyclic) bond motifs is 1. The molecular formula is C22H15BrClF3N2OS. The van der Waals surface area contributed by atoms with Crippen LogP contribution < -0.4 is 5.32 Å². The lowest BCUT2D eigenvalue weighted by Gasteiger charge is -2.13. The average Bonchev–Trinajstić information content (AvgIpc) is 3.26. The highest BCUT2D eigenvalue weighted by Crippen LogP contribution is 2.34. The second kappa shape index (κ2) is 8.68. The van der Waals surface area contributed by atoms with Crippen molar-refractivity contribution in [1.82, 2.24) is 9.88 Å². The molecule has 0 atom stereocenters. The van der Waals surface area contributed by atoms with Crippen molar-refractivity contribution in [1.29, 1.82) is 0 Å². The Morgan fingerprint density at radius 2 is 1.84 bits per heavy atom. The van der Waals surface area contributed by atoms with Crippen LogP contribution in [0.4, 0.5) is 13.2 Å². The Morgan fingerprint density at radius 1 is 1.10 bits per heavy atom. The zero-order valence-electron chi connectivity index (χ0n) is 15.8. The minimum Gasteiger partial charge on any atom is -0.347 e. The molecule has 31 heavy (non-hydrogen) atoms. The number of hydrogen-bond acceptors (Lipinski definition) is 2. The molecule has 0 radical (unpaired) electrons. The number of carbonyl (C=O) groups excluding carboxylic acids is 1. The van der Waals surface area contributed by atoms with E-state index in [1.807, 2.05) is 28.1 Å². The number of hydrogen-bond donors (Lipinski definition) is 1. The standard InChI is InChI=1S/C22H15BrClF3N2OS/c23-17-12-31-19-9-18(29(20(17)19)11-14-4-2-6-16(24)8-14)21(30)28-10-13-3-1-5-15(7-13)22(25,26)27/h1-9,12H,10-11H2,(H,28,30). The Hall–Kier alpha value is -2.29. The number of alkyl halides is 3. The predicted molar refractivity (Wildman–Crippen MR) is 121 cm³/mol. The fourth-order valence-electron chi connectivity index (χ4n) is 3.33. The van der Waals surface area contributed by atoms with E-state index in [4.69, 9.17) is 11.6 Å². The Balaban J connectivity index is 1.61. The van der Waals surface area contributed by atoms with Crippen LogP contribution in [-0.2, 0) is 19.3 Å². The number of halogens is 5. The van der Waals surface area contributed by atoms with Gasteiger partial charge in [0.25, 0.3) is 5.91 Å². The van der Waals surface area contributed by atoms with E-state index in [0.717, 1.165) is 32.4 Å². The summed E-state index contributed by atoms with van der Waals surface area (Å²) in [7, 11) is 0. The Labute approximate surface area is 193 Å². The number of amides is 1. The lowest BCUT2D eigenvalue weighted by atomic mass is 10.1. The zero-order chi connectivity index (χ0) is 22.2. The number of nitrogens with one attached hydrogen (secondary N) is 1. The van der Waals surface area contributed by atoms with Crippen LogP contribution in [0.1, 0.15) is 27.2 Å². The van der Waals surface area contributed by atoms with Crippen LogP contribution in [0.5, 0.6) is 0 Å². The molecule has 0 saturated heterocycles. The third-order valence-corrected chi connectivity index (χ3v) is 6.81. The van der Waals surface area contributed by atoms with Crippen molar-refractivity contribution in [3.8, 4) is 0 Å². The van der Waals surface area contributed by atoms with E-state index in [1.165, 1.54) is 17.4 Å². The van der Waals surface area contributed by atoms with Crippen molar-refractivity contribution >= 4 is 55.0 Å². The van der Waals surface area contributed by atoms with Gasteiger partial charge in [0.05, 0.1) is 20.3 Å². The molecule has 1 N–H and O–H groups in total. The first-order valence-corrected chi connectivity index (χ1v) is 11.2. The minimum atomic E-state index is -4.43. The highest BCUT2D eigenvalue weighted by atomic mass is 79.9. The van der Waals surface area contributed by atoms with Gasteiger partial charge in [-0.25, -0.2) is 0 Å². The van der Waals surface area contributed by atoms with Gasteiger partial charge in [0.1, 0.15) is 5.69 Å². The smallest absolute Gasteiger partial charge is 0.347 e. The van der Waals surface area contributed by atoms with Crippen LogP contribution in [0.3, 0.4) is 0 Å². The first kappa shape index (κ1) is 21.9. The SMILES string of the molecule is O=C(NCc1cccc(C(F)(F)F)c1)c1cc2scc(Br)c2n1Cc1cccc(Cl)c1. The molecule has 0 fully saturated rings. The first-order valence-electron chi connectivity index (χ1n) is 9.17. The molecule has 9 heteroatoms. The summed E-state index contributed by atoms with van der Waals surface area (Å²) >= 11 is 11.1. The normalized spacial score (nSPS) is 11.8. The number of aromatic nitrogens is 1. The summed E-state index contributed by atoms with van der Waals surface area (Å²) in [6, 6.07) is 14.1. The monoisotopic (exact) mass is 526 g/mol. The van der Waals surface area contributed by atoms with Crippen LogP contribution in [0, 0.1) is 0 Å². The molecule has 2 heterocycles. The molecule has 0 spiro atoms. The van der Waals surface area contributed by atoms with Gasteiger partial charge in [-0.1, -0.05) is 35.9 Å². The van der Waals surface area contributed by atoms with Crippen molar-refractivity contribution in [2.24, 2.45) is 0 Å². The van der Waals surface area contributed by atoms with Crippen LogP contribution in [0.15, 0.2) is 64.5 Å². The quantitative estimate of drug-likeness (QED) is 0.295. The number of carbonyl (C=O) groups is 1. The summed E-state index contributed by atoms with van der Waals surface area (Å²) in [6.45, 7) is 0.408. The maximum absolute atomic E-state index is 13.0. The molecule has 0 aliphatic heterocycles. The molecule has 4 aromatic rings. The van der Waals surface area contributed by atoms with Crippen LogP contribution in [-0.4, -0.2) is 10.5 Å². The van der Waals surface area contributed by atoms with Crippen LogP contribution >= 0.6 is 38.9 Å². The molecule has 1 amide bonds. The highest BCUT2D eigenvalue weighted by Gasteiger charge is 2.30. The van der Waals surface area contributed by atoms with E-state index in [1.54, 1.807) is 18.2 Å². The molecule has 0 unspecified atom stereocenters. The minimum absolute atomic E-state index is 0.0140. The second-order valence-corrected chi connectivity index (χ2v) is 9.12. The van der Waals surface area contributed by atoms with Crippen molar-refractivity contribution in [3.05, 3.63) is 91.9 Å². The zero-order valence-corrected chi connectivity index (χ0v) is 19.0. The Kier molecular flexibility index (Phi) is 6.14. The molecule has 0 saturated carbocycles. The summed E-state index contributed by atoms with van der Waals surface area (Å²) in [4.78, 5) is 13.0. The van der Waals surface area contributed by atoms with E-state index in [-0.39, 0.29) is 12.5 Å². The fourth-order valence-corrected chi connectivity index (χ4v) is 5.24. The molecule has 160 valence electrons. The van der Waals surface area contributed by atoms with Crippen LogP contribution in [0.25, 0.3) is 10.2 Å². The van der Waals surface area contributed by atoms with Crippen molar-refractivity contribution in [2.75, 3.05) is 0 Å². The number of nitrogens with zero attached hydrogens (tertiary/aromatic N) is 1. The highest BCUT2D eigenvalue weighted by molar-refractivity contribution is 9.10. The van der Waals surface area contributed by atoms with Crippen LogP contribution in [0.2, 0.25) is 5.02 Å². The third-order valence-electron chi connectivity index (χ3n) is 4.75. The maximum Gasteiger partial charge on any atom is 0.416 e. The molecule has 2 aromatic carbocycles. The molecule has 0 bridgehead atoms. The summed E-state index contributed by atoms with van der Waals surface area (Å²) < 4.78 is 42.5. The van der Waals surface area contributed by atoms with E-state index in [9.17, 15) is 18.0 Å². The lowest BCUT2D eigenvalue weighted by Crippen LogP contribution is -2.26. The number of thiophene rings is 1.